The third kappa shape index (κ3) is 5.18. The second-order valence-electron chi connectivity index (χ2n) is 9.20. The van der Waals surface area contributed by atoms with E-state index in [0.717, 1.165) is 18.9 Å². The highest BCUT2D eigenvalue weighted by Crippen LogP contribution is 2.55. The molecule has 0 aliphatic carbocycles. The summed E-state index contributed by atoms with van der Waals surface area (Å²) in [5, 5.41) is -0.801. The van der Waals surface area contributed by atoms with E-state index in [9.17, 15) is 4.79 Å². The number of unbranched alkanes of at least 4 members (excludes halogenated alkanes) is 1. The summed E-state index contributed by atoms with van der Waals surface area (Å²) < 4.78 is 17.7. The summed E-state index contributed by atoms with van der Waals surface area (Å²) in [5.74, 6) is -0.139. The molecule has 0 saturated carbocycles. The molecule has 25 heavy (non-hydrogen) atoms. The number of carbonyl (C=O) groups excluding carboxylic acids is 1. The molecule has 1 unspecified atom stereocenters. The van der Waals surface area contributed by atoms with Crippen LogP contribution in [0.25, 0.3) is 0 Å². The molecule has 1 radical (unpaired) electrons. The van der Waals surface area contributed by atoms with E-state index in [1.807, 2.05) is 13.8 Å². The minimum Gasteiger partial charge on any atom is -0.518 e. The molecule has 0 aromatic rings. The molecule has 0 aliphatic heterocycles. The summed E-state index contributed by atoms with van der Waals surface area (Å²) in [6.07, 6.45) is 2.84. The van der Waals surface area contributed by atoms with E-state index in [4.69, 9.17) is 13.3 Å². The van der Waals surface area contributed by atoms with Gasteiger partial charge in [0.2, 0.25) is 0 Å². The average Bonchev–Trinajstić information content (AvgIpc) is 2.49. The summed E-state index contributed by atoms with van der Waals surface area (Å²) in [5.41, 5.74) is 0. The van der Waals surface area contributed by atoms with Crippen molar-refractivity contribution in [3.8, 4) is 0 Å². The van der Waals surface area contributed by atoms with Gasteiger partial charge in [0.15, 0.2) is 0 Å². The molecule has 0 rings (SSSR count). The van der Waals surface area contributed by atoms with Crippen molar-refractivity contribution in [3.05, 3.63) is 0 Å². The molecule has 149 valence electrons. The fourth-order valence-corrected chi connectivity index (χ4v) is 11.4. The van der Waals surface area contributed by atoms with Gasteiger partial charge < -0.3 is 13.3 Å². The van der Waals surface area contributed by atoms with Crippen molar-refractivity contribution in [1.82, 2.24) is 0 Å². The maximum Gasteiger partial charge on any atom is 0.402 e. The average molecular weight is 390 g/mol. The van der Waals surface area contributed by atoms with Gasteiger partial charge in [-0.3, -0.25) is 4.79 Å². The monoisotopic (exact) mass is 389 g/mol. The third-order valence-corrected chi connectivity index (χ3v) is 14.2. The van der Waals surface area contributed by atoms with Gasteiger partial charge in [-0.05, 0) is 29.5 Å². The van der Waals surface area contributed by atoms with E-state index >= 15 is 0 Å². The van der Waals surface area contributed by atoms with Gasteiger partial charge in [-0.25, -0.2) is 0 Å². The molecule has 4 nitrogen and oxygen atoms in total. The Hall–Kier alpha value is -0.176. The molecule has 0 heterocycles. The molecule has 0 bridgehead atoms. The lowest BCUT2D eigenvalue weighted by molar-refractivity contribution is -0.140. The predicted molar refractivity (Wildman–Crippen MR) is 109 cm³/mol. The molecule has 0 N–H and O–H groups in total. The van der Waals surface area contributed by atoms with Crippen molar-refractivity contribution in [2.45, 2.75) is 103 Å². The molecule has 0 aromatic carbocycles. The van der Waals surface area contributed by atoms with E-state index in [2.05, 4.69) is 48.5 Å². The Bertz CT molecular complexity index is 408. The smallest absolute Gasteiger partial charge is 0.402 e. The lowest BCUT2D eigenvalue weighted by atomic mass is 10.1. The van der Waals surface area contributed by atoms with Crippen LogP contribution in [0.1, 0.15) is 81.6 Å². The number of hydrogen-bond donors (Lipinski definition) is 0. The van der Waals surface area contributed by atoms with Crippen LogP contribution in [-0.2, 0) is 18.1 Å². The van der Waals surface area contributed by atoms with Crippen molar-refractivity contribution < 1.29 is 18.1 Å². The van der Waals surface area contributed by atoms with Gasteiger partial charge in [0.1, 0.15) is 5.04 Å². The van der Waals surface area contributed by atoms with E-state index in [0.29, 0.717) is 6.42 Å². The maximum absolute atomic E-state index is 13.4. The summed E-state index contributed by atoms with van der Waals surface area (Å²) in [4.78, 5) is 13.4. The van der Waals surface area contributed by atoms with Crippen LogP contribution in [0.2, 0.25) is 21.2 Å². The van der Waals surface area contributed by atoms with Gasteiger partial charge in [0.05, 0.1) is 0 Å². The van der Waals surface area contributed by atoms with E-state index in [1.165, 1.54) is 0 Å². The van der Waals surface area contributed by atoms with Crippen LogP contribution in [-0.4, -0.2) is 37.8 Å². The fourth-order valence-electron chi connectivity index (χ4n) is 3.83. The zero-order valence-electron chi connectivity index (χ0n) is 18.5. The second kappa shape index (κ2) is 9.15. The Balaban J connectivity index is 6.05. The van der Waals surface area contributed by atoms with E-state index in [-0.39, 0.29) is 16.0 Å². The topological polar surface area (TPSA) is 44.8 Å². The number of hydrogen-bond acceptors (Lipinski definition) is 4. The van der Waals surface area contributed by atoms with Gasteiger partial charge in [0.25, 0.3) is 14.3 Å². The second-order valence-corrected chi connectivity index (χ2v) is 17.1. The summed E-state index contributed by atoms with van der Waals surface area (Å²) in [6.45, 7) is 19.5. The Kier molecular flexibility index (Phi) is 9.09. The first kappa shape index (κ1) is 24.8. The first-order valence-corrected chi connectivity index (χ1v) is 12.9. The van der Waals surface area contributed by atoms with Crippen LogP contribution in [0.5, 0.6) is 0 Å². The molecule has 0 fully saturated rings. The maximum atomic E-state index is 13.4. The molecule has 6 heteroatoms. The third-order valence-electron chi connectivity index (χ3n) is 5.55. The minimum atomic E-state index is -2.42. The molecule has 0 aliphatic rings. The standard InChI is InChI=1S/C19H41O4Si2/c1-12-14-15-25(17(3,4)5,18(6,7)8)23-16(20)19(9,13-2)24(21-10)22-11/h12-15H2,1-11H3. The molecule has 0 saturated heterocycles. The van der Waals surface area contributed by atoms with Crippen LogP contribution >= 0.6 is 0 Å². The van der Waals surface area contributed by atoms with Gasteiger partial charge in [-0.15, -0.1) is 0 Å². The summed E-state index contributed by atoms with van der Waals surface area (Å²) >= 11 is 0. The van der Waals surface area contributed by atoms with Crippen LogP contribution in [0.4, 0.5) is 0 Å². The Labute approximate surface area is 159 Å². The first-order valence-electron chi connectivity index (χ1n) is 9.46. The molecule has 0 spiro atoms. The lowest BCUT2D eigenvalue weighted by Gasteiger charge is -2.51. The quantitative estimate of drug-likeness (QED) is 0.466. The summed E-state index contributed by atoms with van der Waals surface area (Å²) in [7, 11) is -0.930. The van der Waals surface area contributed by atoms with Crippen LogP contribution in [0.3, 0.4) is 0 Å². The number of rotatable bonds is 9. The Morgan fingerprint density at radius 1 is 0.920 bits per heavy atom. The fraction of sp³-hybridized carbons (Fsp3) is 0.947. The minimum absolute atomic E-state index is 0.0439. The predicted octanol–water partition coefficient (Wildman–Crippen LogP) is 5.83. The molecular formula is C19H41O4Si2. The van der Waals surface area contributed by atoms with Crippen molar-refractivity contribution in [1.29, 1.82) is 0 Å². The summed E-state index contributed by atoms with van der Waals surface area (Å²) in [6, 6.07) is 0.990. The van der Waals surface area contributed by atoms with Gasteiger partial charge in [-0.2, -0.15) is 0 Å². The largest absolute Gasteiger partial charge is 0.518 e. The highest BCUT2D eigenvalue weighted by Gasteiger charge is 2.59. The van der Waals surface area contributed by atoms with Crippen LogP contribution < -0.4 is 0 Å². The molecule has 0 aromatic heterocycles. The number of carbonyl (C=O) groups is 1. The van der Waals surface area contributed by atoms with Crippen molar-refractivity contribution >= 4 is 23.6 Å². The molecule has 0 amide bonds. The molecule has 1 atom stereocenters. The van der Waals surface area contributed by atoms with Crippen molar-refractivity contribution in [2.75, 3.05) is 14.2 Å². The van der Waals surface area contributed by atoms with E-state index in [1.54, 1.807) is 14.2 Å². The normalized spacial score (nSPS) is 16.0. The Morgan fingerprint density at radius 3 is 1.64 bits per heavy atom. The zero-order chi connectivity index (χ0) is 20.1. The van der Waals surface area contributed by atoms with Gasteiger partial charge in [-0.1, -0.05) is 68.2 Å². The van der Waals surface area contributed by atoms with Gasteiger partial charge in [0, 0.05) is 14.2 Å². The van der Waals surface area contributed by atoms with Crippen LogP contribution in [0, 0.1) is 0 Å². The highest BCUT2D eigenvalue weighted by atomic mass is 28.4. The highest BCUT2D eigenvalue weighted by molar-refractivity contribution is 6.81. The van der Waals surface area contributed by atoms with Crippen molar-refractivity contribution in [2.24, 2.45) is 0 Å². The SMILES string of the molecule is CCCC[Si](OC(=O)C(C)(CC)[Si](OC)OC)(C(C)(C)C)C(C)(C)C. The van der Waals surface area contributed by atoms with Crippen molar-refractivity contribution in [3.63, 3.8) is 0 Å². The van der Waals surface area contributed by atoms with E-state index < -0.39 is 22.6 Å². The zero-order valence-corrected chi connectivity index (χ0v) is 20.5. The molecular weight excluding hydrogens is 348 g/mol. The lowest BCUT2D eigenvalue weighted by Crippen LogP contribution is -2.57. The van der Waals surface area contributed by atoms with Gasteiger partial charge >= 0.3 is 9.28 Å². The Morgan fingerprint density at radius 2 is 1.36 bits per heavy atom. The van der Waals surface area contributed by atoms with Crippen LogP contribution in [0.15, 0.2) is 0 Å². The first-order chi connectivity index (χ1) is 11.3.